The molecule has 0 saturated carbocycles. The van der Waals surface area contributed by atoms with Crippen LogP contribution in [0.3, 0.4) is 0 Å². The van der Waals surface area contributed by atoms with Crippen LogP contribution in [0, 0.1) is 6.92 Å². The first-order chi connectivity index (χ1) is 7.63. The van der Waals surface area contributed by atoms with Crippen molar-refractivity contribution in [3.8, 4) is 0 Å². The quantitative estimate of drug-likeness (QED) is 0.755. The third kappa shape index (κ3) is 2.42. The smallest absolute Gasteiger partial charge is 0.337 e. The summed E-state index contributed by atoms with van der Waals surface area (Å²) in [6, 6.07) is 10.4. The van der Waals surface area contributed by atoms with E-state index < -0.39 is 0 Å². The summed E-state index contributed by atoms with van der Waals surface area (Å²) in [5.41, 5.74) is 7.50. The van der Waals surface area contributed by atoms with Gasteiger partial charge in [0, 0.05) is 29.2 Å². The second-order valence-electron chi connectivity index (χ2n) is 3.52. The molecular weight excluding hydrogens is 204 g/mol. The van der Waals surface area contributed by atoms with Crippen LogP contribution in [-0.4, -0.2) is 0 Å². The highest BCUT2D eigenvalue weighted by molar-refractivity contribution is 5.61. The highest BCUT2D eigenvalue weighted by Gasteiger charge is 1.98. The first kappa shape index (κ1) is 10.3. The van der Waals surface area contributed by atoms with Crippen LogP contribution in [0.1, 0.15) is 5.76 Å². The minimum Gasteiger partial charge on any atom is -0.428 e. The predicted molar refractivity (Wildman–Crippen MR) is 63.9 cm³/mol. The van der Waals surface area contributed by atoms with E-state index in [0.29, 0.717) is 17.1 Å². The molecule has 1 aromatic heterocycles. The summed E-state index contributed by atoms with van der Waals surface area (Å²) in [5.74, 6) is 0.574. The monoisotopic (exact) mass is 216 g/mol. The van der Waals surface area contributed by atoms with Gasteiger partial charge >= 0.3 is 5.63 Å². The van der Waals surface area contributed by atoms with E-state index >= 15 is 0 Å². The molecule has 0 saturated heterocycles. The van der Waals surface area contributed by atoms with Gasteiger partial charge in [-0.25, -0.2) is 4.79 Å². The van der Waals surface area contributed by atoms with Crippen LogP contribution in [0.5, 0.6) is 0 Å². The van der Waals surface area contributed by atoms with Crippen LogP contribution in [0.2, 0.25) is 0 Å². The zero-order valence-corrected chi connectivity index (χ0v) is 8.86. The maximum atomic E-state index is 11.1. The average molecular weight is 216 g/mol. The molecule has 82 valence electrons. The third-order valence-electron chi connectivity index (χ3n) is 2.09. The Morgan fingerprint density at radius 3 is 2.44 bits per heavy atom. The molecule has 0 spiro atoms. The van der Waals surface area contributed by atoms with E-state index in [1.165, 1.54) is 6.07 Å². The van der Waals surface area contributed by atoms with Crippen LogP contribution < -0.4 is 16.7 Å². The van der Waals surface area contributed by atoms with Gasteiger partial charge in [0.05, 0.1) is 0 Å². The molecule has 3 N–H and O–H groups in total. The lowest BCUT2D eigenvalue weighted by Crippen LogP contribution is -2.01. The highest BCUT2D eigenvalue weighted by atomic mass is 16.4. The van der Waals surface area contributed by atoms with Gasteiger partial charge in [0.25, 0.3) is 0 Å². The Hall–Kier alpha value is -2.23. The summed E-state index contributed by atoms with van der Waals surface area (Å²) in [6.07, 6.45) is 0. The highest BCUT2D eigenvalue weighted by Crippen LogP contribution is 2.17. The standard InChI is InChI=1S/C12H12N2O2/c1-8-6-11(7-12(15)16-8)14-10-4-2-9(13)3-5-10/h2-7,14H,13H2,1H3. The van der Waals surface area contributed by atoms with Gasteiger partial charge < -0.3 is 15.5 Å². The minimum atomic E-state index is -0.363. The van der Waals surface area contributed by atoms with Gasteiger partial charge in [0.1, 0.15) is 5.76 Å². The van der Waals surface area contributed by atoms with Crippen molar-refractivity contribution in [2.45, 2.75) is 6.92 Å². The lowest BCUT2D eigenvalue weighted by Gasteiger charge is -2.06. The van der Waals surface area contributed by atoms with E-state index in [1.807, 2.05) is 12.1 Å². The molecule has 4 nitrogen and oxygen atoms in total. The van der Waals surface area contributed by atoms with Gasteiger partial charge in [-0.1, -0.05) is 0 Å². The van der Waals surface area contributed by atoms with Crippen LogP contribution >= 0.6 is 0 Å². The Balaban J connectivity index is 2.26. The summed E-state index contributed by atoms with van der Waals surface area (Å²) >= 11 is 0. The number of hydrogen-bond acceptors (Lipinski definition) is 4. The summed E-state index contributed by atoms with van der Waals surface area (Å²) in [4.78, 5) is 11.1. The summed E-state index contributed by atoms with van der Waals surface area (Å²) in [5, 5.41) is 3.10. The SMILES string of the molecule is Cc1cc(Nc2ccc(N)cc2)cc(=O)o1. The fourth-order valence-electron chi connectivity index (χ4n) is 1.41. The summed E-state index contributed by atoms with van der Waals surface area (Å²) in [6.45, 7) is 1.73. The normalized spacial score (nSPS) is 10.1. The van der Waals surface area contributed by atoms with E-state index in [0.717, 1.165) is 5.69 Å². The predicted octanol–water partition coefficient (Wildman–Crippen LogP) is 2.27. The molecule has 2 rings (SSSR count). The maximum absolute atomic E-state index is 11.1. The molecule has 16 heavy (non-hydrogen) atoms. The van der Waals surface area contributed by atoms with Crippen LogP contribution in [-0.2, 0) is 0 Å². The number of nitrogens with two attached hydrogens (primary N) is 1. The number of rotatable bonds is 2. The number of anilines is 3. The number of nitrogen functional groups attached to an aromatic ring is 1. The zero-order chi connectivity index (χ0) is 11.5. The molecule has 0 radical (unpaired) electrons. The molecule has 0 atom stereocenters. The number of benzene rings is 1. The van der Waals surface area contributed by atoms with Crippen molar-refractivity contribution in [3.05, 3.63) is 52.6 Å². The Labute approximate surface area is 92.7 Å². The molecule has 0 aliphatic heterocycles. The Kier molecular flexibility index (Phi) is 2.64. The maximum Gasteiger partial charge on any atom is 0.337 e. The van der Waals surface area contributed by atoms with Crippen LogP contribution in [0.25, 0.3) is 0 Å². The molecule has 0 amide bonds. The fourth-order valence-corrected chi connectivity index (χ4v) is 1.41. The molecule has 0 unspecified atom stereocenters. The number of hydrogen-bond donors (Lipinski definition) is 2. The molecule has 2 aromatic rings. The first-order valence-corrected chi connectivity index (χ1v) is 4.88. The van der Waals surface area contributed by atoms with E-state index in [-0.39, 0.29) is 5.63 Å². The van der Waals surface area contributed by atoms with Crippen molar-refractivity contribution >= 4 is 17.1 Å². The number of aryl methyl sites for hydroxylation is 1. The van der Waals surface area contributed by atoms with Crippen molar-refractivity contribution in [1.82, 2.24) is 0 Å². The lowest BCUT2D eigenvalue weighted by molar-refractivity contribution is 0.481. The molecule has 0 aliphatic rings. The topological polar surface area (TPSA) is 68.3 Å². The molecule has 0 fully saturated rings. The largest absolute Gasteiger partial charge is 0.428 e. The Morgan fingerprint density at radius 1 is 1.12 bits per heavy atom. The van der Waals surface area contributed by atoms with E-state index in [2.05, 4.69) is 5.32 Å². The van der Waals surface area contributed by atoms with E-state index in [1.54, 1.807) is 25.1 Å². The molecule has 4 heteroatoms. The third-order valence-corrected chi connectivity index (χ3v) is 2.09. The molecule has 0 bridgehead atoms. The van der Waals surface area contributed by atoms with Crippen molar-refractivity contribution < 1.29 is 4.42 Å². The number of nitrogens with one attached hydrogen (secondary N) is 1. The Bertz CT molecular complexity index is 544. The van der Waals surface area contributed by atoms with Crippen molar-refractivity contribution in [2.24, 2.45) is 0 Å². The van der Waals surface area contributed by atoms with Crippen molar-refractivity contribution in [1.29, 1.82) is 0 Å². The Morgan fingerprint density at radius 2 is 1.81 bits per heavy atom. The average Bonchev–Trinajstić information content (AvgIpc) is 2.20. The zero-order valence-electron chi connectivity index (χ0n) is 8.86. The minimum absolute atomic E-state index is 0.363. The van der Waals surface area contributed by atoms with Gasteiger partial charge in [0.2, 0.25) is 0 Å². The van der Waals surface area contributed by atoms with Gasteiger partial charge in [-0.2, -0.15) is 0 Å². The van der Waals surface area contributed by atoms with Gasteiger partial charge in [-0.3, -0.25) is 0 Å². The van der Waals surface area contributed by atoms with Crippen molar-refractivity contribution in [2.75, 3.05) is 11.1 Å². The van der Waals surface area contributed by atoms with E-state index in [9.17, 15) is 4.79 Å². The molecule has 0 aliphatic carbocycles. The molecular formula is C12H12N2O2. The van der Waals surface area contributed by atoms with Gasteiger partial charge in [0.15, 0.2) is 0 Å². The van der Waals surface area contributed by atoms with Gasteiger partial charge in [-0.15, -0.1) is 0 Å². The van der Waals surface area contributed by atoms with Gasteiger partial charge in [-0.05, 0) is 31.2 Å². The van der Waals surface area contributed by atoms with E-state index in [4.69, 9.17) is 10.2 Å². The van der Waals surface area contributed by atoms with Crippen molar-refractivity contribution in [3.63, 3.8) is 0 Å². The summed E-state index contributed by atoms with van der Waals surface area (Å²) < 4.78 is 4.86. The summed E-state index contributed by atoms with van der Waals surface area (Å²) in [7, 11) is 0. The lowest BCUT2D eigenvalue weighted by atomic mass is 10.2. The molecule has 1 heterocycles. The van der Waals surface area contributed by atoms with Crippen LogP contribution in [0.15, 0.2) is 45.6 Å². The van der Waals surface area contributed by atoms with Crippen LogP contribution in [0.4, 0.5) is 17.1 Å². The second-order valence-corrected chi connectivity index (χ2v) is 3.52. The molecule has 1 aromatic carbocycles. The second kappa shape index (κ2) is 4.10. The fraction of sp³-hybridized carbons (Fsp3) is 0.0833. The first-order valence-electron chi connectivity index (χ1n) is 4.88.